The molecule has 2 atom stereocenters. The fourth-order valence-corrected chi connectivity index (χ4v) is 2.46. The molecule has 0 bridgehead atoms. The van der Waals surface area contributed by atoms with E-state index >= 15 is 0 Å². The molecule has 1 fully saturated rings. The van der Waals surface area contributed by atoms with Crippen LogP contribution in [0.25, 0.3) is 0 Å². The second-order valence-corrected chi connectivity index (χ2v) is 4.68. The summed E-state index contributed by atoms with van der Waals surface area (Å²) in [5.41, 5.74) is -0.991. The average molecular weight is 212 g/mol. The van der Waals surface area contributed by atoms with Crippen molar-refractivity contribution in [3.8, 4) is 0 Å². The zero-order chi connectivity index (χ0) is 10.2. The van der Waals surface area contributed by atoms with Crippen molar-refractivity contribution in [3.05, 3.63) is 22.4 Å². The van der Waals surface area contributed by atoms with Gasteiger partial charge in [-0.2, -0.15) is 0 Å². The molecule has 1 aromatic heterocycles. The lowest BCUT2D eigenvalue weighted by molar-refractivity contribution is -0.161. The molecule has 1 N–H and O–H groups in total. The predicted octanol–water partition coefficient (Wildman–Crippen LogP) is 2.44. The molecule has 0 spiro atoms. The number of hydrogen-bond acceptors (Lipinski definition) is 3. The number of aliphatic carboxylic acids is 1. The number of carboxylic acids is 1. The van der Waals surface area contributed by atoms with Crippen LogP contribution < -0.4 is 0 Å². The minimum atomic E-state index is -0.991. The molecule has 14 heavy (non-hydrogen) atoms. The number of thiophene rings is 1. The van der Waals surface area contributed by atoms with Gasteiger partial charge in [0.2, 0.25) is 0 Å². The first-order valence-corrected chi connectivity index (χ1v) is 5.44. The van der Waals surface area contributed by atoms with Crippen molar-refractivity contribution in [2.75, 3.05) is 0 Å². The highest BCUT2D eigenvalue weighted by molar-refractivity contribution is 7.10. The van der Waals surface area contributed by atoms with Gasteiger partial charge in [-0.3, -0.25) is 0 Å². The molecule has 0 aromatic carbocycles. The molecule has 0 saturated carbocycles. The monoisotopic (exact) mass is 212 g/mol. The summed E-state index contributed by atoms with van der Waals surface area (Å²) in [6.07, 6.45) is 1.35. The van der Waals surface area contributed by atoms with Crippen LogP contribution in [0.2, 0.25) is 0 Å². The lowest BCUT2D eigenvalue weighted by atomic mass is 10.0. The summed E-state index contributed by atoms with van der Waals surface area (Å²) < 4.78 is 5.57. The van der Waals surface area contributed by atoms with Gasteiger partial charge in [0.15, 0.2) is 5.60 Å². The van der Waals surface area contributed by atoms with Gasteiger partial charge in [0.1, 0.15) is 0 Å². The van der Waals surface area contributed by atoms with Gasteiger partial charge in [0.25, 0.3) is 0 Å². The molecule has 1 aliphatic heterocycles. The minimum Gasteiger partial charge on any atom is -0.479 e. The van der Waals surface area contributed by atoms with Gasteiger partial charge in [-0.05, 0) is 31.2 Å². The van der Waals surface area contributed by atoms with E-state index < -0.39 is 11.6 Å². The van der Waals surface area contributed by atoms with Crippen LogP contribution in [-0.4, -0.2) is 16.7 Å². The van der Waals surface area contributed by atoms with Crippen LogP contribution in [0.15, 0.2) is 17.5 Å². The van der Waals surface area contributed by atoms with Crippen LogP contribution >= 0.6 is 11.3 Å². The summed E-state index contributed by atoms with van der Waals surface area (Å²) in [7, 11) is 0. The van der Waals surface area contributed by atoms with Crippen molar-refractivity contribution < 1.29 is 14.6 Å². The van der Waals surface area contributed by atoms with Gasteiger partial charge in [0.05, 0.1) is 6.10 Å². The van der Waals surface area contributed by atoms with E-state index in [1.54, 1.807) is 18.3 Å². The van der Waals surface area contributed by atoms with Crippen molar-refractivity contribution in [3.63, 3.8) is 0 Å². The molecule has 2 unspecified atom stereocenters. The van der Waals surface area contributed by atoms with Crippen molar-refractivity contribution in [2.45, 2.75) is 31.5 Å². The SMILES string of the molecule is CC1(C(=O)O)CCC(c2cccs2)O1. The van der Waals surface area contributed by atoms with E-state index in [2.05, 4.69) is 0 Å². The molecule has 1 aliphatic rings. The Kier molecular flexibility index (Phi) is 2.33. The van der Waals surface area contributed by atoms with Crippen molar-refractivity contribution in [1.82, 2.24) is 0 Å². The minimum absolute atomic E-state index is 0.0314. The van der Waals surface area contributed by atoms with Crippen molar-refractivity contribution in [1.29, 1.82) is 0 Å². The molecule has 76 valence electrons. The Morgan fingerprint density at radius 3 is 3.07 bits per heavy atom. The van der Waals surface area contributed by atoms with Gasteiger partial charge < -0.3 is 9.84 Å². The Morgan fingerprint density at radius 2 is 2.57 bits per heavy atom. The summed E-state index contributed by atoms with van der Waals surface area (Å²) >= 11 is 1.61. The first kappa shape index (κ1) is 9.68. The van der Waals surface area contributed by atoms with Gasteiger partial charge in [0, 0.05) is 4.88 Å². The number of hydrogen-bond donors (Lipinski definition) is 1. The second-order valence-electron chi connectivity index (χ2n) is 3.70. The van der Waals surface area contributed by atoms with Gasteiger partial charge in [-0.25, -0.2) is 4.79 Å². The molecular formula is C10H12O3S. The highest BCUT2D eigenvalue weighted by Crippen LogP contribution is 2.40. The van der Waals surface area contributed by atoms with E-state index in [9.17, 15) is 4.79 Å². The molecule has 0 amide bonds. The lowest BCUT2D eigenvalue weighted by Crippen LogP contribution is -2.34. The van der Waals surface area contributed by atoms with E-state index in [0.29, 0.717) is 6.42 Å². The Labute approximate surface area is 86.3 Å². The van der Waals surface area contributed by atoms with E-state index in [1.807, 2.05) is 17.5 Å². The fourth-order valence-electron chi connectivity index (χ4n) is 1.67. The fraction of sp³-hybridized carbons (Fsp3) is 0.500. The van der Waals surface area contributed by atoms with Gasteiger partial charge in [-0.15, -0.1) is 11.3 Å². The molecule has 1 aromatic rings. The Bertz CT molecular complexity index is 333. The van der Waals surface area contributed by atoms with Crippen LogP contribution in [0.5, 0.6) is 0 Å². The number of carbonyl (C=O) groups is 1. The Morgan fingerprint density at radius 1 is 1.79 bits per heavy atom. The predicted molar refractivity (Wildman–Crippen MR) is 53.4 cm³/mol. The van der Waals surface area contributed by atoms with Crippen LogP contribution in [0.4, 0.5) is 0 Å². The summed E-state index contributed by atoms with van der Waals surface area (Å²) in [6.45, 7) is 1.64. The van der Waals surface area contributed by atoms with Gasteiger partial charge >= 0.3 is 5.97 Å². The smallest absolute Gasteiger partial charge is 0.335 e. The summed E-state index contributed by atoms with van der Waals surface area (Å²) in [4.78, 5) is 12.0. The maximum Gasteiger partial charge on any atom is 0.335 e. The largest absolute Gasteiger partial charge is 0.479 e. The maximum absolute atomic E-state index is 10.9. The zero-order valence-corrected chi connectivity index (χ0v) is 8.71. The van der Waals surface area contributed by atoms with Crippen LogP contribution in [0.3, 0.4) is 0 Å². The molecule has 0 radical (unpaired) electrons. The number of rotatable bonds is 2. The molecule has 3 nitrogen and oxygen atoms in total. The third kappa shape index (κ3) is 1.55. The zero-order valence-electron chi connectivity index (χ0n) is 7.90. The van der Waals surface area contributed by atoms with Gasteiger partial charge in [-0.1, -0.05) is 6.07 Å². The first-order chi connectivity index (χ1) is 6.62. The lowest BCUT2D eigenvalue weighted by Gasteiger charge is -2.18. The summed E-state index contributed by atoms with van der Waals surface area (Å²) in [5, 5.41) is 10.9. The quantitative estimate of drug-likeness (QED) is 0.819. The molecular weight excluding hydrogens is 200 g/mol. The number of ether oxygens (including phenoxy) is 1. The topological polar surface area (TPSA) is 46.5 Å². The van der Waals surface area contributed by atoms with E-state index in [-0.39, 0.29) is 6.10 Å². The molecule has 1 saturated heterocycles. The Balaban J connectivity index is 2.12. The van der Waals surface area contributed by atoms with Crippen molar-refractivity contribution >= 4 is 17.3 Å². The second kappa shape index (κ2) is 3.37. The molecule has 2 heterocycles. The number of carboxylic acid groups (broad SMARTS) is 1. The normalized spacial score (nSPS) is 31.9. The summed E-state index contributed by atoms with van der Waals surface area (Å²) in [5.74, 6) is -0.864. The highest BCUT2D eigenvalue weighted by Gasteiger charge is 2.43. The van der Waals surface area contributed by atoms with E-state index in [0.717, 1.165) is 11.3 Å². The standard InChI is InChI=1S/C10H12O3S/c1-10(9(11)12)5-4-7(13-10)8-3-2-6-14-8/h2-3,6-7H,4-5H2,1H3,(H,11,12). The highest BCUT2D eigenvalue weighted by atomic mass is 32.1. The average Bonchev–Trinajstić information content (AvgIpc) is 2.72. The van der Waals surface area contributed by atoms with E-state index in [1.165, 1.54) is 0 Å². The maximum atomic E-state index is 10.9. The van der Waals surface area contributed by atoms with Crippen molar-refractivity contribution in [2.24, 2.45) is 0 Å². The van der Waals surface area contributed by atoms with Crippen LogP contribution in [0, 0.1) is 0 Å². The Hall–Kier alpha value is -0.870. The third-order valence-corrected chi connectivity index (χ3v) is 3.56. The first-order valence-electron chi connectivity index (χ1n) is 4.56. The molecule has 2 rings (SSSR count). The van der Waals surface area contributed by atoms with Crippen LogP contribution in [0.1, 0.15) is 30.7 Å². The van der Waals surface area contributed by atoms with E-state index in [4.69, 9.17) is 9.84 Å². The van der Waals surface area contributed by atoms with Crippen LogP contribution in [-0.2, 0) is 9.53 Å². The molecule has 0 aliphatic carbocycles. The third-order valence-electron chi connectivity index (χ3n) is 2.60. The summed E-state index contributed by atoms with van der Waals surface area (Å²) in [6, 6.07) is 3.95. The molecule has 4 heteroatoms.